The minimum absolute atomic E-state index is 0.225. The molecule has 0 radical (unpaired) electrons. The van der Waals surface area contributed by atoms with Crippen LogP contribution in [0.3, 0.4) is 0 Å². The maximum absolute atomic E-state index is 12.5. The van der Waals surface area contributed by atoms with E-state index in [-0.39, 0.29) is 6.61 Å². The summed E-state index contributed by atoms with van der Waals surface area (Å²) in [7, 11) is 2.86. The van der Waals surface area contributed by atoms with Gasteiger partial charge >= 0.3 is 5.97 Å². The number of ether oxygens (including phenoxy) is 3. The molecule has 1 unspecified atom stereocenters. The van der Waals surface area contributed by atoms with Gasteiger partial charge in [-0.15, -0.1) is 0 Å². The number of aromatic nitrogens is 4. The molecule has 4 rings (SSSR count). The average molecular weight is 476 g/mol. The maximum Gasteiger partial charge on any atom is 0.338 e. The predicted molar refractivity (Wildman–Crippen MR) is 118 cm³/mol. The van der Waals surface area contributed by atoms with Gasteiger partial charge in [0, 0.05) is 21.3 Å². The first-order valence-corrected chi connectivity index (χ1v) is 10.3. The van der Waals surface area contributed by atoms with Crippen molar-refractivity contribution in [3.8, 4) is 11.5 Å². The number of anilines is 1. The molecule has 3 aromatic rings. The van der Waals surface area contributed by atoms with Gasteiger partial charge in [-0.2, -0.15) is 4.68 Å². The molecular weight excluding hydrogens is 457 g/mol. The highest BCUT2D eigenvalue weighted by Crippen LogP contribution is 2.39. The Hall–Kier alpha value is -3.30. The van der Waals surface area contributed by atoms with Gasteiger partial charge in [0.25, 0.3) is 0 Å². The molecule has 2 aromatic carbocycles. The van der Waals surface area contributed by atoms with Gasteiger partial charge in [-0.3, -0.25) is 0 Å². The molecule has 0 spiro atoms. The molecule has 166 valence electrons. The molecule has 11 heteroatoms. The van der Waals surface area contributed by atoms with Crippen LogP contribution < -0.4 is 14.8 Å². The van der Waals surface area contributed by atoms with Crippen LogP contribution in [0.2, 0.25) is 10.0 Å². The normalized spacial score (nSPS) is 15.1. The van der Waals surface area contributed by atoms with Gasteiger partial charge in [0.15, 0.2) is 11.5 Å². The van der Waals surface area contributed by atoms with Crippen molar-refractivity contribution < 1.29 is 19.0 Å². The topological polar surface area (TPSA) is 100 Å². The van der Waals surface area contributed by atoms with E-state index in [0.717, 1.165) is 5.56 Å². The van der Waals surface area contributed by atoms with Crippen molar-refractivity contribution in [1.82, 2.24) is 20.2 Å². The number of carbonyl (C=O) groups excluding carboxylic acids is 1. The van der Waals surface area contributed by atoms with Crippen LogP contribution in [0.4, 0.5) is 5.95 Å². The van der Waals surface area contributed by atoms with E-state index in [1.165, 1.54) is 18.9 Å². The third-order valence-electron chi connectivity index (χ3n) is 5.02. The number of halogens is 2. The first-order valence-electron chi connectivity index (χ1n) is 9.51. The molecule has 0 fully saturated rings. The molecule has 1 aliphatic rings. The third-order valence-corrected chi connectivity index (χ3v) is 5.61. The molecule has 1 atom stereocenters. The fourth-order valence-electron chi connectivity index (χ4n) is 3.46. The summed E-state index contributed by atoms with van der Waals surface area (Å²) in [4.78, 5) is 12.5. The quantitative estimate of drug-likeness (QED) is 0.533. The number of nitrogens with one attached hydrogen (secondary N) is 1. The van der Waals surface area contributed by atoms with Gasteiger partial charge in [0.2, 0.25) is 5.95 Å². The first-order chi connectivity index (χ1) is 15.4. The monoisotopic (exact) mass is 475 g/mol. The van der Waals surface area contributed by atoms with Gasteiger partial charge in [-0.05, 0) is 47.2 Å². The van der Waals surface area contributed by atoms with Gasteiger partial charge in [0.05, 0.1) is 19.8 Å². The van der Waals surface area contributed by atoms with Crippen LogP contribution in [-0.2, 0) is 16.1 Å². The standard InChI is InChI=1S/C21H19Cl2N5O4/c1-11-18(20(29)31-3)19(28-21(24-11)25-26-27-28)12-5-7-16(17(8-12)30-2)32-10-13-4-6-14(22)9-15(13)23/h4-9,19H,10H2,1-3H3,(H,24,25,27). The molecule has 1 aromatic heterocycles. The minimum atomic E-state index is -0.609. The highest BCUT2D eigenvalue weighted by molar-refractivity contribution is 6.35. The Morgan fingerprint density at radius 1 is 1.16 bits per heavy atom. The van der Waals surface area contributed by atoms with E-state index in [1.54, 1.807) is 37.3 Å². The second-order valence-corrected chi connectivity index (χ2v) is 7.78. The lowest BCUT2D eigenvalue weighted by Gasteiger charge is -2.27. The zero-order valence-corrected chi connectivity index (χ0v) is 18.9. The predicted octanol–water partition coefficient (Wildman–Crippen LogP) is 4.03. The van der Waals surface area contributed by atoms with Crippen molar-refractivity contribution >= 4 is 35.1 Å². The molecule has 32 heavy (non-hydrogen) atoms. The highest BCUT2D eigenvalue weighted by Gasteiger charge is 2.35. The van der Waals surface area contributed by atoms with E-state index in [2.05, 4.69) is 20.8 Å². The number of rotatable bonds is 6. The summed E-state index contributed by atoms with van der Waals surface area (Å²) >= 11 is 12.2. The van der Waals surface area contributed by atoms with Crippen LogP contribution in [0.15, 0.2) is 47.7 Å². The third kappa shape index (κ3) is 4.09. The van der Waals surface area contributed by atoms with E-state index < -0.39 is 12.0 Å². The van der Waals surface area contributed by atoms with Crippen molar-refractivity contribution in [1.29, 1.82) is 0 Å². The van der Waals surface area contributed by atoms with Crippen LogP contribution in [-0.4, -0.2) is 40.4 Å². The van der Waals surface area contributed by atoms with E-state index in [9.17, 15) is 4.79 Å². The minimum Gasteiger partial charge on any atom is -0.493 e. The lowest BCUT2D eigenvalue weighted by molar-refractivity contribution is -0.136. The fourth-order valence-corrected chi connectivity index (χ4v) is 3.93. The second-order valence-electron chi connectivity index (χ2n) is 6.94. The average Bonchev–Trinajstić information content (AvgIpc) is 3.25. The first kappa shape index (κ1) is 21.9. The Kier molecular flexibility index (Phi) is 6.20. The van der Waals surface area contributed by atoms with Crippen molar-refractivity contribution in [3.63, 3.8) is 0 Å². The molecule has 0 bridgehead atoms. The molecule has 0 amide bonds. The maximum atomic E-state index is 12.5. The van der Waals surface area contributed by atoms with Crippen LogP contribution >= 0.6 is 23.2 Å². The summed E-state index contributed by atoms with van der Waals surface area (Å²) in [6.45, 7) is 1.99. The van der Waals surface area contributed by atoms with E-state index in [4.69, 9.17) is 37.4 Å². The molecular formula is C21H19Cl2N5O4. The summed E-state index contributed by atoms with van der Waals surface area (Å²) in [6, 6.07) is 9.95. The number of hydrogen-bond acceptors (Lipinski definition) is 8. The summed E-state index contributed by atoms with van der Waals surface area (Å²) < 4.78 is 18.0. The number of carbonyl (C=O) groups is 1. The Bertz CT molecular complexity index is 1210. The Balaban J connectivity index is 1.68. The van der Waals surface area contributed by atoms with Gasteiger partial charge < -0.3 is 19.5 Å². The van der Waals surface area contributed by atoms with E-state index in [1.807, 2.05) is 6.07 Å². The van der Waals surface area contributed by atoms with E-state index in [0.29, 0.717) is 44.3 Å². The Morgan fingerprint density at radius 3 is 2.69 bits per heavy atom. The van der Waals surface area contributed by atoms with E-state index >= 15 is 0 Å². The molecule has 0 saturated carbocycles. The van der Waals surface area contributed by atoms with Gasteiger partial charge in [-0.1, -0.05) is 40.4 Å². The lowest BCUT2D eigenvalue weighted by atomic mass is 9.95. The molecule has 0 aliphatic carbocycles. The van der Waals surface area contributed by atoms with Crippen molar-refractivity contribution in [2.24, 2.45) is 0 Å². The number of esters is 1. The largest absolute Gasteiger partial charge is 0.493 e. The van der Waals surface area contributed by atoms with Gasteiger partial charge in [0.1, 0.15) is 12.6 Å². The molecule has 9 nitrogen and oxygen atoms in total. The smallest absolute Gasteiger partial charge is 0.338 e. The van der Waals surface area contributed by atoms with Gasteiger partial charge in [-0.25, -0.2) is 4.79 Å². The molecule has 1 aliphatic heterocycles. The van der Waals surface area contributed by atoms with Crippen molar-refractivity contribution in [2.75, 3.05) is 19.5 Å². The summed E-state index contributed by atoms with van der Waals surface area (Å²) in [5, 5.41) is 15.8. The number of allylic oxidation sites excluding steroid dienone is 1. The Labute approximate surface area is 193 Å². The Morgan fingerprint density at radius 2 is 1.97 bits per heavy atom. The molecule has 2 heterocycles. The number of nitrogens with zero attached hydrogens (tertiary/aromatic N) is 4. The second kappa shape index (κ2) is 9.05. The van der Waals surface area contributed by atoms with Crippen LogP contribution in [0.1, 0.15) is 24.1 Å². The highest BCUT2D eigenvalue weighted by atomic mass is 35.5. The van der Waals surface area contributed by atoms with Crippen molar-refractivity contribution in [3.05, 3.63) is 68.8 Å². The molecule has 1 N–H and O–H groups in total. The number of methoxy groups -OCH3 is 2. The molecule has 0 saturated heterocycles. The lowest BCUT2D eigenvalue weighted by Crippen LogP contribution is -2.29. The number of fused-ring (bicyclic) bond motifs is 1. The fraction of sp³-hybridized carbons (Fsp3) is 0.238. The van der Waals surface area contributed by atoms with Crippen LogP contribution in [0.5, 0.6) is 11.5 Å². The number of benzene rings is 2. The summed E-state index contributed by atoms with van der Waals surface area (Å²) in [5.41, 5.74) is 2.48. The van der Waals surface area contributed by atoms with Crippen LogP contribution in [0, 0.1) is 0 Å². The zero-order chi connectivity index (χ0) is 22.8. The van der Waals surface area contributed by atoms with Crippen molar-refractivity contribution in [2.45, 2.75) is 19.6 Å². The number of hydrogen-bond donors (Lipinski definition) is 1. The SMILES string of the molecule is COC(=O)C1=C(C)Nc2nnnn2C1c1ccc(OCc2ccc(Cl)cc2Cl)c(OC)c1. The zero-order valence-electron chi connectivity index (χ0n) is 17.4. The number of tetrazole rings is 1. The summed E-state index contributed by atoms with van der Waals surface area (Å²) in [5.74, 6) is 0.908. The van der Waals surface area contributed by atoms with Crippen LogP contribution in [0.25, 0.3) is 0 Å². The summed E-state index contributed by atoms with van der Waals surface area (Å²) in [6.07, 6.45) is 0.